The summed E-state index contributed by atoms with van der Waals surface area (Å²) in [7, 11) is 0. The fraction of sp³-hybridized carbons (Fsp3) is 0. The Bertz CT molecular complexity index is 267. The van der Waals surface area contributed by atoms with Crippen LogP contribution in [0.1, 0.15) is 5.56 Å². The van der Waals surface area contributed by atoms with Crippen molar-refractivity contribution in [1.82, 2.24) is 0 Å². The maximum atomic E-state index is 10.1. The first kappa shape index (κ1) is 8.17. The smallest absolute Gasteiger partial charge is 0.0109 e. The Kier molecular flexibility index (Phi) is 3.01. The first-order valence-corrected chi connectivity index (χ1v) is 4.24. The molecule has 0 aromatic heterocycles. The highest BCUT2D eigenvalue weighted by Gasteiger charge is 1.80. The summed E-state index contributed by atoms with van der Waals surface area (Å²) in [5.41, 5.74) is 0.886. The average Bonchev–Trinajstić information content (AvgIpc) is 2.03. The topological polar surface area (TPSA) is 40.1 Å². The third kappa shape index (κ3) is 3.11. The second-order valence-corrected chi connectivity index (χ2v) is 2.77. The summed E-state index contributed by atoms with van der Waals surface area (Å²) in [5, 5.41) is 1.12. The van der Waals surface area contributed by atoms with Gasteiger partial charge < -0.3 is 4.55 Å². The van der Waals surface area contributed by atoms with Crippen LogP contribution in [-0.2, 0) is 11.1 Å². The lowest BCUT2D eigenvalue weighted by atomic mass is 10.2. The standard InChI is InChI=1S/C8H8O2S/c9-11(10)7-6-8-4-2-1-3-5-8/h1-7H,(H,9,10)/p-1/b7-6+. The van der Waals surface area contributed by atoms with Crippen molar-refractivity contribution in [2.45, 2.75) is 0 Å². The van der Waals surface area contributed by atoms with E-state index in [0.717, 1.165) is 11.0 Å². The van der Waals surface area contributed by atoms with Gasteiger partial charge in [-0.1, -0.05) is 30.3 Å². The Morgan fingerprint density at radius 1 is 1.27 bits per heavy atom. The van der Waals surface area contributed by atoms with Crippen LogP contribution in [0.5, 0.6) is 0 Å². The van der Waals surface area contributed by atoms with E-state index in [1.807, 2.05) is 30.3 Å². The van der Waals surface area contributed by atoms with Crippen LogP contribution < -0.4 is 0 Å². The Hall–Kier alpha value is -0.930. The molecule has 0 N–H and O–H groups in total. The second-order valence-electron chi connectivity index (χ2n) is 1.97. The minimum atomic E-state index is -2.10. The molecule has 0 bridgehead atoms. The molecule has 1 unspecified atom stereocenters. The Morgan fingerprint density at radius 3 is 2.45 bits per heavy atom. The van der Waals surface area contributed by atoms with E-state index >= 15 is 0 Å². The minimum Gasteiger partial charge on any atom is -0.769 e. The van der Waals surface area contributed by atoms with Crippen LogP contribution in [0.15, 0.2) is 35.7 Å². The highest BCUT2D eigenvalue weighted by molar-refractivity contribution is 7.82. The minimum absolute atomic E-state index is 0.886. The lowest BCUT2D eigenvalue weighted by Crippen LogP contribution is -1.76. The molecule has 0 heterocycles. The van der Waals surface area contributed by atoms with Crippen molar-refractivity contribution in [3.8, 4) is 0 Å². The van der Waals surface area contributed by atoms with Gasteiger partial charge in [-0.15, -0.1) is 0 Å². The van der Waals surface area contributed by atoms with Gasteiger partial charge in [0.05, 0.1) is 0 Å². The van der Waals surface area contributed by atoms with E-state index in [-0.39, 0.29) is 0 Å². The highest BCUT2D eigenvalue weighted by atomic mass is 32.2. The van der Waals surface area contributed by atoms with Crippen LogP contribution in [-0.4, -0.2) is 8.76 Å². The first-order valence-electron chi connectivity index (χ1n) is 3.10. The fourth-order valence-electron chi connectivity index (χ4n) is 0.698. The molecule has 0 aliphatic rings. The van der Waals surface area contributed by atoms with E-state index in [4.69, 9.17) is 0 Å². The molecule has 0 radical (unpaired) electrons. The zero-order valence-electron chi connectivity index (χ0n) is 5.77. The maximum absolute atomic E-state index is 10.1. The Labute approximate surface area is 67.8 Å². The van der Waals surface area contributed by atoms with Gasteiger partial charge in [-0.2, -0.15) is 0 Å². The highest BCUT2D eigenvalue weighted by Crippen LogP contribution is 2.00. The lowest BCUT2D eigenvalue weighted by molar-refractivity contribution is 0.546. The monoisotopic (exact) mass is 167 g/mol. The summed E-state index contributed by atoms with van der Waals surface area (Å²) in [4.78, 5) is 0. The van der Waals surface area contributed by atoms with Crippen LogP contribution in [0.25, 0.3) is 6.08 Å². The molecule has 0 saturated heterocycles. The molecule has 1 atom stereocenters. The summed E-state index contributed by atoms with van der Waals surface area (Å²) in [5.74, 6) is 0. The largest absolute Gasteiger partial charge is 0.769 e. The SMILES string of the molecule is O=S([O-])/C=C/c1ccccc1. The van der Waals surface area contributed by atoms with Crippen LogP contribution in [0.3, 0.4) is 0 Å². The molecule has 3 heteroatoms. The maximum Gasteiger partial charge on any atom is -0.0109 e. The number of hydrogen-bond acceptors (Lipinski definition) is 2. The van der Waals surface area contributed by atoms with Crippen molar-refractivity contribution < 1.29 is 8.76 Å². The molecule has 0 fully saturated rings. The van der Waals surface area contributed by atoms with Crippen molar-refractivity contribution in [1.29, 1.82) is 0 Å². The third-order valence-electron chi connectivity index (χ3n) is 1.17. The Balaban J connectivity index is 2.72. The number of rotatable bonds is 2. The normalized spacial score (nSPS) is 13.5. The number of hydrogen-bond donors (Lipinski definition) is 0. The predicted molar refractivity (Wildman–Crippen MR) is 44.4 cm³/mol. The van der Waals surface area contributed by atoms with Crippen molar-refractivity contribution in [2.24, 2.45) is 0 Å². The molecule has 1 aromatic rings. The Morgan fingerprint density at radius 2 is 1.91 bits per heavy atom. The molecule has 0 amide bonds. The third-order valence-corrected chi connectivity index (χ3v) is 1.53. The molecule has 0 spiro atoms. The molecule has 1 rings (SSSR count). The van der Waals surface area contributed by atoms with Crippen LogP contribution in [0.2, 0.25) is 0 Å². The quantitative estimate of drug-likeness (QED) is 0.627. The molecule has 0 aliphatic heterocycles. The van der Waals surface area contributed by atoms with Crippen molar-refractivity contribution in [2.75, 3.05) is 0 Å². The van der Waals surface area contributed by atoms with Crippen LogP contribution in [0, 0.1) is 0 Å². The summed E-state index contributed by atoms with van der Waals surface area (Å²) in [6.07, 6.45) is 1.54. The number of benzene rings is 1. The van der Waals surface area contributed by atoms with Gasteiger partial charge in [-0.25, -0.2) is 0 Å². The van der Waals surface area contributed by atoms with Gasteiger partial charge in [0.15, 0.2) is 0 Å². The molecule has 1 aromatic carbocycles. The molecule has 0 aliphatic carbocycles. The van der Waals surface area contributed by atoms with Crippen molar-refractivity contribution in [3.63, 3.8) is 0 Å². The summed E-state index contributed by atoms with van der Waals surface area (Å²) >= 11 is -2.10. The van der Waals surface area contributed by atoms with E-state index < -0.39 is 11.1 Å². The zero-order valence-corrected chi connectivity index (χ0v) is 6.58. The van der Waals surface area contributed by atoms with E-state index in [2.05, 4.69) is 0 Å². The zero-order chi connectivity index (χ0) is 8.10. The van der Waals surface area contributed by atoms with Crippen LogP contribution in [0.4, 0.5) is 0 Å². The van der Waals surface area contributed by atoms with Gasteiger partial charge in [0, 0.05) is 0 Å². The van der Waals surface area contributed by atoms with Gasteiger partial charge in [-0.3, -0.25) is 4.21 Å². The lowest BCUT2D eigenvalue weighted by Gasteiger charge is -1.94. The molecule has 58 valence electrons. The van der Waals surface area contributed by atoms with Crippen molar-refractivity contribution >= 4 is 17.2 Å². The van der Waals surface area contributed by atoms with E-state index in [1.165, 1.54) is 0 Å². The molecule has 2 nitrogen and oxygen atoms in total. The summed E-state index contributed by atoms with van der Waals surface area (Å²) < 4.78 is 20.2. The molecule has 0 saturated carbocycles. The van der Waals surface area contributed by atoms with Gasteiger partial charge >= 0.3 is 0 Å². The predicted octanol–water partition coefficient (Wildman–Crippen LogP) is 1.54. The van der Waals surface area contributed by atoms with Gasteiger partial charge in [0.25, 0.3) is 0 Å². The fourth-order valence-corrected chi connectivity index (χ4v) is 0.967. The second kappa shape index (κ2) is 4.05. The van der Waals surface area contributed by atoms with E-state index in [0.29, 0.717) is 0 Å². The summed E-state index contributed by atoms with van der Waals surface area (Å²) in [6, 6.07) is 9.26. The van der Waals surface area contributed by atoms with Crippen LogP contribution >= 0.6 is 0 Å². The van der Waals surface area contributed by atoms with Gasteiger partial charge in [0.2, 0.25) is 0 Å². The molecular weight excluding hydrogens is 160 g/mol. The summed E-state index contributed by atoms with van der Waals surface area (Å²) in [6.45, 7) is 0. The average molecular weight is 167 g/mol. The van der Waals surface area contributed by atoms with Gasteiger partial charge in [-0.05, 0) is 28.1 Å². The molecule has 11 heavy (non-hydrogen) atoms. The van der Waals surface area contributed by atoms with Crippen molar-refractivity contribution in [3.05, 3.63) is 41.3 Å². The van der Waals surface area contributed by atoms with Gasteiger partial charge in [0.1, 0.15) is 0 Å². The van der Waals surface area contributed by atoms with E-state index in [1.54, 1.807) is 6.08 Å². The molecular formula is C8H7O2S-. The first-order chi connectivity index (χ1) is 5.29. The van der Waals surface area contributed by atoms with E-state index in [9.17, 15) is 8.76 Å².